The van der Waals surface area contributed by atoms with Gasteiger partial charge in [0, 0.05) is 5.56 Å². The van der Waals surface area contributed by atoms with E-state index in [1.54, 1.807) is 39.7 Å². The Morgan fingerprint density at radius 1 is 1.04 bits per heavy atom. The lowest BCUT2D eigenvalue weighted by atomic mass is 10.2. The molecule has 0 aliphatic carbocycles. The maximum Gasteiger partial charge on any atom is 0.316 e. The highest BCUT2D eigenvalue weighted by Gasteiger charge is 2.12. The third-order valence-corrected chi connectivity index (χ3v) is 3.35. The van der Waals surface area contributed by atoms with Crippen LogP contribution in [0, 0.1) is 0 Å². The lowest BCUT2D eigenvalue weighted by Crippen LogP contribution is -1.97. The molecule has 3 rings (SSSR count). The van der Waals surface area contributed by atoms with E-state index in [1.807, 2.05) is 24.3 Å². The number of anilines is 1. The van der Waals surface area contributed by atoms with Crippen molar-refractivity contribution in [3.8, 4) is 17.2 Å². The number of nitrogens with one attached hydrogen (secondary N) is 1. The van der Waals surface area contributed by atoms with E-state index in [-0.39, 0.29) is 0 Å². The van der Waals surface area contributed by atoms with E-state index in [2.05, 4.69) is 15.5 Å². The first kappa shape index (κ1) is 15.7. The van der Waals surface area contributed by atoms with Crippen molar-refractivity contribution in [2.75, 3.05) is 26.8 Å². The number of hydrazone groups is 1. The van der Waals surface area contributed by atoms with Crippen LogP contribution in [0.3, 0.4) is 0 Å². The molecule has 0 atom stereocenters. The molecule has 1 heterocycles. The Hall–Kier alpha value is -3.22. The first-order chi connectivity index (χ1) is 11.7. The molecule has 0 fully saturated rings. The van der Waals surface area contributed by atoms with Crippen LogP contribution >= 0.6 is 0 Å². The van der Waals surface area contributed by atoms with Crippen LogP contribution in [0.25, 0.3) is 11.1 Å². The molecule has 2 aromatic carbocycles. The number of oxazole rings is 1. The Bertz CT molecular complexity index is 815. The second-order valence-corrected chi connectivity index (χ2v) is 4.82. The normalized spacial score (nSPS) is 11.0. The van der Waals surface area contributed by atoms with Crippen LogP contribution in [0.4, 0.5) is 6.01 Å². The minimum atomic E-state index is 0.319. The first-order valence-electron chi connectivity index (χ1n) is 7.20. The van der Waals surface area contributed by atoms with Crippen molar-refractivity contribution >= 4 is 23.3 Å². The van der Waals surface area contributed by atoms with E-state index in [0.717, 1.165) is 11.1 Å². The summed E-state index contributed by atoms with van der Waals surface area (Å²) in [4.78, 5) is 4.28. The molecule has 1 aromatic heterocycles. The van der Waals surface area contributed by atoms with Crippen LogP contribution in [-0.2, 0) is 0 Å². The summed E-state index contributed by atoms with van der Waals surface area (Å²) in [7, 11) is 4.69. The quantitative estimate of drug-likeness (QED) is 0.553. The fourth-order valence-electron chi connectivity index (χ4n) is 2.26. The number of methoxy groups -OCH3 is 3. The number of benzene rings is 2. The van der Waals surface area contributed by atoms with E-state index in [9.17, 15) is 0 Å². The molecule has 0 saturated carbocycles. The van der Waals surface area contributed by atoms with Crippen molar-refractivity contribution in [3.63, 3.8) is 0 Å². The second kappa shape index (κ2) is 6.91. The molecule has 7 heteroatoms. The Morgan fingerprint density at radius 3 is 2.38 bits per heavy atom. The summed E-state index contributed by atoms with van der Waals surface area (Å²) < 4.78 is 21.4. The molecule has 0 spiro atoms. The molecular weight excluding hydrogens is 310 g/mol. The van der Waals surface area contributed by atoms with Gasteiger partial charge < -0.3 is 18.6 Å². The number of fused-ring (bicyclic) bond motifs is 1. The highest BCUT2D eigenvalue weighted by Crippen LogP contribution is 2.37. The molecule has 7 nitrogen and oxygen atoms in total. The van der Waals surface area contributed by atoms with Crippen molar-refractivity contribution in [1.29, 1.82) is 0 Å². The average molecular weight is 327 g/mol. The Balaban J connectivity index is 1.80. The number of hydrogen-bond donors (Lipinski definition) is 1. The molecule has 0 aliphatic heterocycles. The Kier molecular flexibility index (Phi) is 4.51. The van der Waals surface area contributed by atoms with Crippen LogP contribution < -0.4 is 19.6 Å². The Morgan fingerprint density at radius 2 is 1.75 bits per heavy atom. The van der Waals surface area contributed by atoms with Gasteiger partial charge in [-0.15, -0.1) is 0 Å². The molecule has 0 amide bonds. The van der Waals surface area contributed by atoms with E-state index < -0.39 is 0 Å². The molecule has 124 valence electrons. The van der Waals surface area contributed by atoms with Gasteiger partial charge in [0.25, 0.3) is 0 Å². The molecule has 0 radical (unpaired) electrons. The lowest BCUT2D eigenvalue weighted by molar-refractivity contribution is 0.324. The number of para-hydroxylation sites is 2. The fourth-order valence-corrected chi connectivity index (χ4v) is 2.26. The minimum absolute atomic E-state index is 0.319. The zero-order chi connectivity index (χ0) is 16.9. The summed E-state index contributed by atoms with van der Waals surface area (Å²) >= 11 is 0. The summed E-state index contributed by atoms with van der Waals surface area (Å²) in [6, 6.07) is 11.4. The zero-order valence-corrected chi connectivity index (χ0v) is 13.6. The SMILES string of the molecule is COc1cc(C=NNc2nc3ccccc3o2)cc(OC)c1OC. The minimum Gasteiger partial charge on any atom is -0.493 e. The first-order valence-corrected chi connectivity index (χ1v) is 7.20. The smallest absolute Gasteiger partial charge is 0.316 e. The molecule has 0 unspecified atom stereocenters. The fraction of sp³-hybridized carbons (Fsp3) is 0.176. The molecule has 0 bridgehead atoms. The summed E-state index contributed by atoms with van der Waals surface area (Å²) in [6.07, 6.45) is 1.61. The second-order valence-electron chi connectivity index (χ2n) is 4.82. The zero-order valence-electron chi connectivity index (χ0n) is 13.6. The van der Waals surface area contributed by atoms with Gasteiger partial charge in [0.05, 0.1) is 27.5 Å². The van der Waals surface area contributed by atoms with E-state index in [0.29, 0.717) is 28.8 Å². The van der Waals surface area contributed by atoms with Crippen LogP contribution in [0.5, 0.6) is 17.2 Å². The van der Waals surface area contributed by atoms with Gasteiger partial charge in [-0.1, -0.05) is 12.1 Å². The molecule has 24 heavy (non-hydrogen) atoms. The predicted molar refractivity (Wildman–Crippen MR) is 91.3 cm³/mol. The molecule has 0 aliphatic rings. The van der Waals surface area contributed by atoms with E-state index >= 15 is 0 Å². The number of rotatable bonds is 6. The van der Waals surface area contributed by atoms with Gasteiger partial charge in [-0.3, -0.25) is 0 Å². The van der Waals surface area contributed by atoms with E-state index in [4.69, 9.17) is 18.6 Å². The summed E-state index contributed by atoms with van der Waals surface area (Å²) in [5, 5.41) is 4.13. The average Bonchev–Trinajstić information content (AvgIpc) is 3.03. The monoisotopic (exact) mass is 327 g/mol. The summed E-state index contributed by atoms with van der Waals surface area (Å²) in [5.41, 5.74) is 5.00. The molecular formula is C17H17N3O4. The number of hydrogen-bond acceptors (Lipinski definition) is 7. The number of ether oxygens (including phenoxy) is 3. The van der Waals surface area contributed by atoms with Gasteiger partial charge in [0.2, 0.25) is 5.75 Å². The van der Waals surface area contributed by atoms with Gasteiger partial charge >= 0.3 is 6.01 Å². The summed E-state index contributed by atoms with van der Waals surface area (Å²) in [6.45, 7) is 0. The van der Waals surface area contributed by atoms with Crippen LogP contribution in [0.2, 0.25) is 0 Å². The van der Waals surface area contributed by atoms with Crippen LogP contribution in [0.1, 0.15) is 5.56 Å². The summed E-state index contributed by atoms with van der Waals surface area (Å²) in [5.74, 6) is 1.64. The van der Waals surface area contributed by atoms with Crippen molar-refractivity contribution in [3.05, 3.63) is 42.0 Å². The van der Waals surface area contributed by atoms with Crippen molar-refractivity contribution in [2.45, 2.75) is 0 Å². The van der Waals surface area contributed by atoms with Gasteiger partial charge in [-0.25, -0.2) is 5.43 Å². The van der Waals surface area contributed by atoms with Crippen molar-refractivity contribution < 1.29 is 18.6 Å². The molecule has 3 aromatic rings. The predicted octanol–water partition coefficient (Wildman–Crippen LogP) is 3.30. The number of aromatic nitrogens is 1. The van der Waals surface area contributed by atoms with Crippen LogP contribution in [-0.4, -0.2) is 32.5 Å². The maximum absolute atomic E-state index is 5.53. The van der Waals surface area contributed by atoms with Crippen molar-refractivity contribution in [2.24, 2.45) is 5.10 Å². The standard InChI is InChI=1S/C17H17N3O4/c1-21-14-8-11(9-15(22-2)16(14)23-3)10-18-20-17-19-12-6-4-5-7-13(12)24-17/h4-10H,1-3H3,(H,19,20). The van der Waals surface area contributed by atoms with E-state index in [1.165, 1.54) is 0 Å². The largest absolute Gasteiger partial charge is 0.493 e. The lowest BCUT2D eigenvalue weighted by Gasteiger charge is -2.12. The third-order valence-electron chi connectivity index (χ3n) is 3.35. The Labute approximate surface area is 138 Å². The van der Waals surface area contributed by atoms with Crippen molar-refractivity contribution in [1.82, 2.24) is 4.98 Å². The van der Waals surface area contributed by atoms with Gasteiger partial charge in [-0.05, 0) is 24.3 Å². The number of nitrogens with zero attached hydrogens (tertiary/aromatic N) is 2. The molecule has 1 N–H and O–H groups in total. The molecule has 0 saturated heterocycles. The highest BCUT2D eigenvalue weighted by atomic mass is 16.5. The van der Waals surface area contributed by atoms with Crippen LogP contribution in [0.15, 0.2) is 45.9 Å². The third kappa shape index (κ3) is 3.10. The van der Waals surface area contributed by atoms with Gasteiger partial charge in [0.1, 0.15) is 5.52 Å². The van der Waals surface area contributed by atoms with Gasteiger partial charge in [-0.2, -0.15) is 10.1 Å². The highest BCUT2D eigenvalue weighted by molar-refractivity contribution is 5.83. The van der Waals surface area contributed by atoms with Gasteiger partial charge in [0.15, 0.2) is 17.1 Å². The maximum atomic E-state index is 5.53. The topological polar surface area (TPSA) is 78.1 Å².